The molecule has 2 N–H and O–H groups in total. The Bertz CT molecular complexity index is 991. The van der Waals surface area contributed by atoms with Crippen LogP contribution in [-0.4, -0.2) is 16.9 Å². The Labute approximate surface area is 167 Å². The van der Waals surface area contributed by atoms with E-state index in [2.05, 4.69) is 20.6 Å². The summed E-state index contributed by atoms with van der Waals surface area (Å²) in [5, 5.41) is 6.45. The van der Waals surface area contributed by atoms with Crippen LogP contribution < -0.4 is 10.6 Å². The molecule has 5 nitrogen and oxygen atoms in total. The largest absolute Gasteiger partial charge is 0.326 e. The summed E-state index contributed by atoms with van der Waals surface area (Å²) < 4.78 is 13.1. The van der Waals surface area contributed by atoms with Gasteiger partial charge in [0.2, 0.25) is 5.96 Å². The fourth-order valence-corrected chi connectivity index (χ4v) is 2.59. The summed E-state index contributed by atoms with van der Waals surface area (Å²) >= 11 is 6.18. The summed E-state index contributed by atoms with van der Waals surface area (Å²) in [6.07, 6.45) is 3.35. The number of guanidine groups is 1. The van der Waals surface area contributed by atoms with E-state index in [0.29, 0.717) is 17.1 Å². The minimum absolute atomic E-state index is 0.261. The minimum atomic E-state index is -0.407. The van der Waals surface area contributed by atoms with Crippen molar-refractivity contribution in [2.24, 2.45) is 4.99 Å². The van der Waals surface area contributed by atoms with Crippen LogP contribution in [0.4, 0.5) is 10.1 Å². The van der Waals surface area contributed by atoms with Crippen molar-refractivity contribution in [2.75, 3.05) is 5.32 Å². The molecule has 0 atom stereocenters. The van der Waals surface area contributed by atoms with Crippen molar-refractivity contribution in [3.05, 3.63) is 94.5 Å². The number of aromatic nitrogens is 1. The molecule has 0 radical (unpaired) electrons. The maximum Gasteiger partial charge on any atom is 0.257 e. The highest BCUT2D eigenvalue weighted by atomic mass is 35.5. The van der Waals surface area contributed by atoms with Gasteiger partial charge >= 0.3 is 0 Å². The van der Waals surface area contributed by atoms with E-state index in [9.17, 15) is 9.18 Å². The number of carbonyl (C=O) groups is 1. The molecule has 1 aromatic heterocycles. The van der Waals surface area contributed by atoms with Crippen molar-refractivity contribution in [2.45, 2.75) is 13.5 Å². The second kappa shape index (κ2) is 9.10. The number of nitrogens with zero attached hydrogens (tertiary/aromatic N) is 2. The maximum absolute atomic E-state index is 13.1. The molecule has 1 amide bonds. The van der Waals surface area contributed by atoms with E-state index >= 15 is 0 Å². The molecule has 0 fully saturated rings. The first-order chi connectivity index (χ1) is 13.5. The van der Waals surface area contributed by atoms with Gasteiger partial charge in [-0.25, -0.2) is 9.38 Å². The lowest BCUT2D eigenvalue weighted by Gasteiger charge is -2.14. The van der Waals surface area contributed by atoms with Gasteiger partial charge in [-0.15, -0.1) is 0 Å². The maximum atomic E-state index is 13.1. The Morgan fingerprint density at radius 2 is 1.82 bits per heavy atom. The van der Waals surface area contributed by atoms with Gasteiger partial charge in [-0.2, -0.15) is 0 Å². The predicted molar refractivity (Wildman–Crippen MR) is 109 cm³/mol. The van der Waals surface area contributed by atoms with Crippen LogP contribution in [0.25, 0.3) is 0 Å². The van der Waals surface area contributed by atoms with Crippen LogP contribution in [0.5, 0.6) is 0 Å². The molecule has 3 rings (SSSR count). The third-order valence-corrected chi connectivity index (χ3v) is 4.44. The van der Waals surface area contributed by atoms with Crippen LogP contribution in [0.2, 0.25) is 5.02 Å². The molecular formula is C21H18ClFN4O. The molecule has 0 aliphatic rings. The summed E-state index contributed by atoms with van der Waals surface area (Å²) in [7, 11) is 0. The molecule has 142 valence electrons. The van der Waals surface area contributed by atoms with Crippen LogP contribution in [0, 0.1) is 12.7 Å². The van der Waals surface area contributed by atoms with E-state index in [1.807, 2.05) is 25.1 Å². The molecule has 0 aliphatic heterocycles. The van der Waals surface area contributed by atoms with Crippen molar-refractivity contribution < 1.29 is 9.18 Å². The molecule has 0 spiro atoms. The standard InChI is InChI=1S/C21H18ClFN4O/c1-14-18(22)3-2-4-19(14)26-21(25-13-15-9-11-24-12-10-15)27-20(28)16-5-7-17(23)8-6-16/h2-12H,13H2,1H3,(H2,25,26,27,28). The lowest BCUT2D eigenvalue weighted by atomic mass is 10.2. The van der Waals surface area contributed by atoms with Gasteiger partial charge in [-0.3, -0.25) is 15.1 Å². The summed E-state index contributed by atoms with van der Waals surface area (Å²) in [4.78, 5) is 21.0. The van der Waals surface area contributed by atoms with Crippen LogP contribution >= 0.6 is 11.6 Å². The topological polar surface area (TPSA) is 66.4 Å². The fraction of sp³-hybridized carbons (Fsp3) is 0.0952. The molecular weight excluding hydrogens is 379 g/mol. The van der Waals surface area contributed by atoms with Gasteiger partial charge < -0.3 is 5.32 Å². The summed E-state index contributed by atoms with van der Waals surface area (Å²) in [5.74, 6) is -0.548. The van der Waals surface area contributed by atoms with Gasteiger partial charge in [0.1, 0.15) is 5.82 Å². The Kier molecular flexibility index (Phi) is 6.34. The van der Waals surface area contributed by atoms with E-state index in [-0.39, 0.29) is 5.96 Å². The minimum Gasteiger partial charge on any atom is -0.326 e. The van der Waals surface area contributed by atoms with Gasteiger partial charge in [-0.1, -0.05) is 17.7 Å². The number of benzene rings is 2. The number of rotatable bonds is 4. The van der Waals surface area contributed by atoms with E-state index in [1.54, 1.807) is 24.5 Å². The smallest absolute Gasteiger partial charge is 0.257 e. The van der Waals surface area contributed by atoms with Crippen molar-refractivity contribution in [3.8, 4) is 0 Å². The molecule has 0 unspecified atom stereocenters. The van der Waals surface area contributed by atoms with E-state index in [0.717, 1.165) is 16.8 Å². The van der Waals surface area contributed by atoms with Crippen LogP contribution in [0.3, 0.4) is 0 Å². The van der Waals surface area contributed by atoms with Crippen molar-refractivity contribution in [1.29, 1.82) is 0 Å². The SMILES string of the molecule is Cc1c(Cl)cccc1NC(=NCc1ccncc1)NC(=O)c1ccc(F)cc1. The second-order valence-electron chi connectivity index (χ2n) is 6.02. The lowest BCUT2D eigenvalue weighted by Crippen LogP contribution is -2.36. The molecule has 3 aromatic rings. The van der Waals surface area contributed by atoms with Gasteiger partial charge in [0, 0.05) is 28.7 Å². The van der Waals surface area contributed by atoms with Crippen molar-refractivity contribution in [3.63, 3.8) is 0 Å². The highest BCUT2D eigenvalue weighted by molar-refractivity contribution is 6.31. The lowest BCUT2D eigenvalue weighted by molar-refractivity contribution is 0.0977. The van der Waals surface area contributed by atoms with Gasteiger partial charge in [0.25, 0.3) is 5.91 Å². The molecule has 28 heavy (non-hydrogen) atoms. The monoisotopic (exact) mass is 396 g/mol. The number of anilines is 1. The van der Waals surface area contributed by atoms with E-state index in [1.165, 1.54) is 24.3 Å². The third-order valence-electron chi connectivity index (χ3n) is 4.03. The number of hydrogen-bond acceptors (Lipinski definition) is 3. The molecule has 2 aromatic carbocycles. The quantitative estimate of drug-likeness (QED) is 0.501. The average molecular weight is 397 g/mol. The first-order valence-electron chi connectivity index (χ1n) is 8.55. The Balaban J connectivity index is 1.84. The normalized spacial score (nSPS) is 11.2. The Hall–Kier alpha value is -3.25. The zero-order chi connectivity index (χ0) is 19.9. The van der Waals surface area contributed by atoms with E-state index in [4.69, 9.17) is 11.6 Å². The van der Waals surface area contributed by atoms with Crippen LogP contribution in [0.1, 0.15) is 21.5 Å². The first kappa shape index (κ1) is 19.5. The molecule has 1 heterocycles. The number of nitrogens with one attached hydrogen (secondary N) is 2. The Morgan fingerprint density at radius 3 is 2.54 bits per heavy atom. The summed E-state index contributed by atoms with van der Waals surface area (Å²) in [6.45, 7) is 2.21. The molecule has 0 saturated heterocycles. The zero-order valence-corrected chi connectivity index (χ0v) is 15.9. The molecule has 0 saturated carbocycles. The van der Waals surface area contributed by atoms with Gasteiger partial charge in [-0.05, 0) is 66.6 Å². The number of amides is 1. The number of aliphatic imine (C=N–C) groups is 1. The average Bonchev–Trinajstić information content (AvgIpc) is 2.71. The zero-order valence-electron chi connectivity index (χ0n) is 15.1. The van der Waals surface area contributed by atoms with Gasteiger partial charge in [0.05, 0.1) is 6.54 Å². The fourth-order valence-electron chi connectivity index (χ4n) is 2.42. The second-order valence-corrected chi connectivity index (χ2v) is 6.43. The number of halogens is 2. The van der Waals surface area contributed by atoms with Crippen molar-refractivity contribution in [1.82, 2.24) is 10.3 Å². The summed E-state index contributed by atoms with van der Waals surface area (Å²) in [5.41, 5.74) is 2.81. The predicted octanol–water partition coefficient (Wildman–Crippen LogP) is 4.58. The number of hydrogen-bond donors (Lipinski definition) is 2. The van der Waals surface area contributed by atoms with Crippen LogP contribution in [0.15, 0.2) is 72.0 Å². The highest BCUT2D eigenvalue weighted by Crippen LogP contribution is 2.22. The third kappa shape index (κ3) is 5.14. The molecule has 0 aliphatic carbocycles. The molecule has 0 bridgehead atoms. The van der Waals surface area contributed by atoms with E-state index < -0.39 is 11.7 Å². The van der Waals surface area contributed by atoms with Crippen LogP contribution in [-0.2, 0) is 6.54 Å². The number of pyridine rings is 1. The molecule has 7 heteroatoms. The van der Waals surface area contributed by atoms with Crippen molar-refractivity contribution >= 4 is 29.2 Å². The summed E-state index contributed by atoms with van der Waals surface area (Å²) in [6, 6.07) is 14.4. The first-order valence-corrected chi connectivity index (χ1v) is 8.93. The highest BCUT2D eigenvalue weighted by Gasteiger charge is 2.11. The van der Waals surface area contributed by atoms with Gasteiger partial charge in [0.15, 0.2) is 0 Å². The number of carbonyl (C=O) groups excluding carboxylic acids is 1. The Morgan fingerprint density at radius 1 is 1.11 bits per heavy atom.